The molecule has 1 nitrogen and oxygen atoms in total. The van der Waals surface area contributed by atoms with Crippen LogP contribution in [-0.2, 0) is 0 Å². The highest BCUT2D eigenvalue weighted by Crippen LogP contribution is 2.35. The first kappa shape index (κ1) is 17.9. The van der Waals surface area contributed by atoms with E-state index in [0.717, 1.165) is 5.56 Å². The third kappa shape index (κ3) is 3.96. The molecule has 0 bridgehead atoms. The molecular formula is C20H32O. The lowest BCUT2D eigenvalue weighted by Gasteiger charge is -2.26. The zero-order valence-corrected chi connectivity index (χ0v) is 15.3. The number of benzene rings is 1. The number of carbonyl (C=O) groups is 1. The van der Waals surface area contributed by atoms with E-state index in [4.69, 9.17) is 0 Å². The van der Waals surface area contributed by atoms with Gasteiger partial charge in [0.2, 0.25) is 0 Å². The van der Waals surface area contributed by atoms with E-state index in [1.54, 1.807) is 0 Å². The monoisotopic (exact) mass is 288 g/mol. The summed E-state index contributed by atoms with van der Waals surface area (Å²) in [4.78, 5) is 13.0. The van der Waals surface area contributed by atoms with E-state index in [0.29, 0.717) is 17.8 Å². The molecule has 0 fully saturated rings. The van der Waals surface area contributed by atoms with E-state index in [1.165, 1.54) is 16.7 Å². The summed E-state index contributed by atoms with van der Waals surface area (Å²) in [5.74, 6) is 1.48. The topological polar surface area (TPSA) is 17.1 Å². The fourth-order valence-electron chi connectivity index (χ4n) is 2.59. The summed E-state index contributed by atoms with van der Waals surface area (Å²) in [6.07, 6.45) is 0. The van der Waals surface area contributed by atoms with Gasteiger partial charge in [0.25, 0.3) is 0 Å². The summed E-state index contributed by atoms with van der Waals surface area (Å²) >= 11 is 0. The molecule has 0 aliphatic carbocycles. The summed E-state index contributed by atoms with van der Waals surface area (Å²) < 4.78 is 0. The van der Waals surface area contributed by atoms with Crippen molar-refractivity contribution in [2.24, 2.45) is 5.41 Å². The summed E-state index contributed by atoms with van der Waals surface area (Å²) in [6, 6.07) is 4.50. The molecule has 1 rings (SSSR count). The van der Waals surface area contributed by atoms with Crippen molar-refractivity contribution in [1.29, 1.82) is 0 Å². The fourth-order valence-corrected chi connectivity index (χ4v) is 2.59. The molecule has 0 aliphatic rings. The molecule has 21 heavy (non-hydrogen) atoms. The predicted octanol–water partition coefficient (Wildman–Crippen LogP) is 6.29. The van der Waals surface area contributed by atoms with E-state index < -0.39 is 0 Å². The third-order valence-corrected chi connectivity index (χ3v) is 4.04. The van der Waals surface area contributed by atoms with Crippen LogP contribution in [0.4, 0.5) is 0 Å². The lowest BCUT2D eigenvalue weighted by molar-refractivity contribution is 0.0855. The predicted molar refractivity (Wildman–Crippen MR) is 92.5 cm³/mol. The Kier molecular flexibility index (Phi) is 5.41. The van der Waals surface area contributed by atoms with Crippen LogP contribution in [0.25, 0.3) is 0 Å². The van der Waals surface area contributed by atoms with E-state index >= 15 is 0 Å². The Labute approximate surface area is 131 Å². The van der Waals surface area contributed by atoms with Gasteiger partial charge in [0, 0.05) is 11.0 Å². The number of Topliss-reactive ketones (excluding diaryl/α,β-unsaturated/α-hetero) is 1. The van der Waals surface area contributed by atoms with Gasteiger partial charge in [-0.2, -0.15) is 0 Å². The van der Waals surface area contributed by atoms with E-state index in [9.17, 15) is 4.79 Å². The molecule has 1 aromatic rings. The van der Waals surface area contributed by atoms with Crippen LogP contribution in [0.15, 0.2) is 12.1 Å². The highest BCUT2D eigenvalue weighted by atomic mass is 16.1. The van der Waals surface area contributed by atoms with Gasteiger partial charge in [-0.3, -0.25) is 4.79 Å². The van der Waals surface area contributed by atoms with Gasteiger partial charge in [-0.15, -0.1) is 0 Å². The van der Waals surface area contributed by atoms with Crippen LogP contribution in [0.1, 0.15) is 107 Å². The number of ketones is 1. The first-order valence-electron chi connectivity index (χ1n) is 8.19. The van der Waals surface area contributed by atoms with Crippen LogP contribution in [0.2, 0.25) is 0 Å². The highest BCUT2D eigenvalue weighted by Gasteiger charge is 2.29. The molecule has 0 aromatic heterocycles. The van der Waals surface area contributed by atoms with Crippen LogP contribution < -0.4 is 0 Å². The van der Waals surface area contributed by atoms with Gasteiger partial charge in [-0.05, 0) is 34.4 Å². The van der Waals surface area contributed by atoms with Gasteiger partial charge in [0.05, 0.1) is 0 Å². The quantitative estimate of drug-likeness (QED) is 0.595. The Morgan fingerprint density at radius 2 is 1.19 bits per heavy atom. The minimum Gasteiger partial charge on any atom is -0.294 e. The van der Waals surface area contributed by atoms with Crippen molar-refractivity contribution in [3.63, 3.8) is 0 Å². The maximum absolute atomic E-state index is 13.0. The summed E-state index contributed by atoms with van der Waals surface area (Å²) in [5.41, 5.74) is 4.39. The second-order valence-corrected chi connectivity index (χ2v) is 8.12. The smallest absolute Gasteiger partial charge is 0.168 e. The average molecular weight is 288 g/mol. The fraction of sp³-hybridized carbons (Fsp3) is 0.650. The molecule has 118 valence electrons. The molecule has 1 heteroatoms. The molecule has 0 saturated carbocycles. The van der Waals surface area contributed by atoms with Crippen molar-refractivity contribution >= 4 is 5.78 Å². The minimum atomic E-state index is -0.341. The molecule has 0 N–H and O–H groups in total. The van der Waals surface area contributed by atoms with Crippen molar-refractivity contribution < 1.29 is 4.79 Å². The SMILES string of the molecule is CC(C)c1cc(C(C)C)c(C(=O)C(C)(C)C)c(C(C)C)c1. The van der Waals surface area contributed by atoms with Crippen molar-refractivity contribution in [2.45, 2.75) is 80.1 Å². The molecule has 0 atom stereocenters. The van der Waals surface area contributed by atoms with Crippen molar-refractivity contribution in [1.82, 2.24) is 0 Å². The van der Waals surface area contributed by atoms with E-state index in [-0.39, 0.29) is 11.2 Å². The normalized spacial score (nSPS) is 12.6. The number of hydrogen-bond donors (Lipinski definition) is 0. The first-order valence-corrected chi connectivity index (χ1v) is 8.19. The third-order valence-electron chi connectivity index (χ3n) is 4.04. The molecule has 0 amide bonds. The lowest BCUT2D eigenvalue weighted by atomic mass is 9.77. The zero-order chi connectivity index (χ0) is 16.5. The second kappa shape index (κ2) is 6.34. The molecule has 0 unspecified atom stereocenters. The zero-order valence-electron chi connectivity index (χ0n) is 15.3. The van der Waals surface area contributed by atoms with Crippen LogP contribution in [0.3, 0.4) is 0 Å². The summed E-state index contributed by atoms with van der Waals surface area (Å²) in [5, 5.41) is 0. The van der Waals surface area contributed by atoms with Crippen LogP contribution in [0, 0.1) is 5.41 Å². The first-order chi connectivity index (χ1) is 9.46. The number of carbonyl (C=O) groups excluding carboxylic acids is 1. The maximum Gasteiger partial charge on any atom is 0.168 e. The largest absolute Gasteiger partial charge is 0.294 e. The molecular weight excluding hydrogens is 256 g/mol. The second-order valence-electron chi connectivity index (χ2n) is 8.12. The number of rotatable bonds is 4. The van der Waals surface area contributed by atoms with Gasteiger partial charge < -0.3 is 0 Å². The number of hydrogen-bond acceptors (Lipinski definition) is 1. The summed E-state index contributed by atoms with van der Waals surface area (Å²) in [6.45, 7) is 19.2. The molecule has 0 aliphatic heterocycles. The van der Waals surface area contributed by atoms with Gasteiger partial charge in [0.1, 0.15) is 0 Å². The van der Waals surface area contributed by atoms with Crippen molar-refractivity contribution in [3.8, 4) is 0 Å². The maximum atomic E-state index is 13.0. The van der Waals surface area contributed by atoms with Crippen molar-refractivity contribution in [3.05, 3.63) is 34.4 Å². The Bertz CT molecular complexity index is 484. The molecule has 1 aromatic carbocycles. The van der Waals surface area contributed by atoms with Crippen LogP contribution >= 0.6 is 0 Å². The highest BCUT2D eigenvalue weighted by molar-refractivity contribution is 6.02. The minimum absolute atomic E-state index is 0.269. The lowest BCUT2D eigenvalue weighted by Crippen LogP contribution is -2.24. The van der Waals surface area contributed by atoms with E-state index in [1.807, 2.05) is 20.8 Å². The average Bonchev–Trinajstić information content (AvgIpc) is 2.34. The van der Waals surface area contributed by atoms with Gasteiger partial charge in [-0.25, -0.2) is 0 Å². The molecule has 0 spiro atoms. The van der Waals surface area contributed by atoms with Gasteiger partial charge in [-0.1, -0.05) is 74.4 Å². The Morgan fingerprint density at radius 3 is 1.43 bits per heavy atom. The van der Waals surface area contributed by atoms with Crippen LogP contribution in [0.5, 0.6) is 0 Å². The molecule has 0 radical (unpaired) electrons. The summed E-state index contributed by atoms with van der Waals surface area (Å²) in [7, 11) is 0. The van der Waals surface area contributed by atoms with Gasteiger partial charge >= 0.3 is 0 Å². The Hall–Kier alpha value is -1.11. The Balaban J connectivity index is 3.70. The Morgan fingerprint density at radius 1 is 0.810 bits per heavy atom. The molecule has 0 saturated heterocycles. The molecule has 0 heterocycles. The van der Waals surface area contributed by atoms with Crippen LogP contribution in [-0.4, -0.2) is 5.78 Å². The van der Waals surface area contributed by atoms with Gasteiger partial charge in [0.15, 0.2) is 5.78 Å². The van der Waals surface area contributed by atoms with E-state index in [2.05, 4.69) is 53.7 Å². The standard InChI is InChI=1S/C20H32O/c1-12(2)15-10-16(13(3)4)18(17(11-15)14(5)6)19(21)20(7,8)9/h10-14H,1-9H3. The van der Waals surface area contributed by atoms with Crippen molar-refractivity contribution in [2.75, 3.05) is 0 Å².